The molecule has 0 unspecified atom stereocenters. The summed E-state index contributed by atoms with van der Waals surface area (Å²) in [6.45, 7) is 6.21. The average Bonchev–Trinajstić information content (AvgIpc) is 2.20. The highest BCUT2D eigenvalue weighted by Gasteiger charge is 2.15. The van der Waals surface area contributed by atoms with E-state index in [1.165, 1.54) is 0 Å². The van der Waals surface area contributed by atoms with Gasteiger partial charge in [0.05, 0.1) is 10.0 Å². The molecule has 1 rings (SSSR count). The summed E-state index contributed by atoms with van der Waals surface area (Å²) in [5.74, 6) is -0.0674. The second-order valence-electron chi connectivity index (χ2n) is 3.83. The van der Waals surface area contributed by atoms with Gasteiger partial charge >= 0.3 is 0 Å². The first-order valence-electron chi connectivity index (χ1n) is 4.87. The first-order chi connectivity index (χ1) is 7.43. The number of nitrogen functional groups attached to an aromatic ring is 1. The summed E-state index contributed by atoms with van der Waals surface area (Å²) in [7, 11) is 1.74. The first-order valence-corrected chi connectivity index (χ1v) is 5.66. The molecule has 3 nitrogen and oxygen atoms in total. The molecule has 0 aliphatic rings. The normalized spacial score (nSPS) is 9.94. The van der Waals surface area contributed by atoms with Gasteiger partial charge in [0.1, 0.15) is 0 Å². The van der Waals surface area contributed by atoms with Crippen molar-refractivity contribution in [2.24, 2.45) is 0 Å². The molecular formula is C12H15BrN2O. The number of rotatable bonds is 3. The zero-order valence-electron chi connectivity index (χ0n) is 9.46. The Morgan fingerprint density at radius 3 is 2.75 bits per heavy atom. The molecule has 0 bridgehead atoms. The molecule has 86 valence electrons. The number of hydrogen-bond donors (Lipinski definition) is 1. The van der Waals surface area contributed by atoms with Crippen LogP contribution in [-0.4, -0.2) is 24.4 Å². The Kier molecular flexibility index (Phi) is 4.12. The van der Waals surface area contributed by atoms with Gasteiger partial charge in [-0.3, -0.25) is 4.79 Å². The van der Waals surface area contributed by atoms with Crippen LogP contribution in [0.4, 0.5) is 5.69 Å². The van der Waals surface area contributed by atoms with Crippen molar-refractivity contribution >= 4 is 27.5 Å². The summed E-state index contributed by atoms with van der Waals surface area (Å²) in [4.78, 5) is 13.7. The fraction of sp³-hybridized carbons (Fsp3) is 0.250. The van der Waals surface area contributed by atoms with Crippen LogP contribution < -0.4 is 5.73 Å². The van der Waals surface area contributed by atoms with Gasteiger partial charge in [-0.25, -0.2) is 0 Å². The van der Waals surface area contributed by atoms with E-state index in [0.717, 1.165) is 5.57 Å². The molecule has 0 radical (unpaired) electrons. The van der Waals surface area contributed by atoms with Crippen LogP contribution in [0.3, 0.4) is 0 Å². The lowest BCUT2D eigenvalue weighted by Gasteiger charge is -2.18. The van der Waals surface area contributed by atoms with Crippen LogP contribution in [0.25, 0.3) is 0 Å². The van der Waals surface area contributed by atoms with Crippen LogP contribution in [0.1, 0.15) is 17.3 Å². The smallest absolute Gasteiger partial charge is 0.255 e. The zero-order chi connectivity index (χ0) is 12.3. The van der Waals surface area contributed by atoms with Crippen LogP contribution in [0.15, 0.2) is 34.8 Å². The Balaban J connectivity index is 2.96. The van der Waals surface area contributed by atoms with E-state index in [1.807, 2.05) is 6.92 Å². The highest BCUT2D eigenvalue weighted by atomic mass is 79.9. The maximum absolute atomic E-state index is 12.1. The van der Waals surface area contributed by atoms with E-state index in [1.54, 1.807) is 30.1 Å². The van der Waals surface area contributed by atoms with Crippen LogP contribution in [0, 0.1) is 0 Å². The second kappa shape index (κ2) is 5.16. The highest BCUT2D eigenvalue weighted by molar-refractivity contribution is 9.10. The molecule has 0 spiro atoms. The van der Waals surface area contributed by atoms with Crippen LogP contribution in [0.5, 0.6) is 0 Å². The van der Waals surface area contributed by atoms with Crippen molar-refractivity contribution in [3.05, 3.63) is 40.4 Å². The summed E-state index contributed by atoms with van der Waals surface area (Å²) >= 11 is 3.32. The Morgan fingerprint density at radius 1 is 1.56 bits per heavy atom. The minimum Gasteiger partial charge on any atom is -0.398 e. The topological polar surface area (TPSA) is 46.3 Å². The van der Waals surface area contributed by atoms with E-state index >= 15 is 0 Å². The molecule has 1 aromatic carbocycles. The Morgan fingerprint density at radius 2 is 2.19 bits per heavy atom. The van der Waals surface area contributed by atoms with Gasteiger partial charge in [0.2, 0.25) is 0 Å². The van der Waals surface area contributed by atoms with Gasteiger partial charge in [-0.2, -0.15) is 0 Å². The summed E-state index contributed by atoms with van der Waals surface area (Å²) in [6.07, 6.45) is 0. The van der Waals surface area contributed by atoms with Crippen LogP contribution >= 0.6 is 15.9 Å². The fourth-order valence-corrected chi connectivity index (χ4v) is 1.83. The lowest BCUT2D eigenvalue weighted by Crippen LogP contribution is -2.28. The van der Waals surface area contributed by atoms with E-state index in [9.17, 15) is 4.79 Å². The van der Waals surface area contributed by atoms with Crippen molar-refractivity contribution in [3.63, 3.8) is 0 Å². The largest absolute Gasteiger partial charge is 0.398 e. The van der Waals surface area contributed by atoms with E-state index in [4.69, 9.17) is 5.73 Å². The minimum absolute atomic E-state index is 0.0674. The monoisotopic (exact) mass is 282 g/mol. The van der Waals surface area contributed by atoms with Gasteiger partial charge < -0.3 is 10.6 Å². The number of benzene rings is 1. The van der Waals surface area contributed by atoms with Crippen molar-refractivity contribution in [1.29, 1.82) is 0 Å². The van der Waals surface area contributed by atoms with Crippen LogP contribution in [-0.2, 0) is 0 Å². The van der Waals surface area contributed by atoms with Crippen molar-refractivity contribution in [2.75, 3.05) is 19.3 Å². The number of carbonyl (C=O) groups excluding carboxylic acids is 1. The maximum Gasteiger partial charge on any atom is 0.255 e. The summed E-state index contributed by atoms with van der Waals surface area (Å²) in [5, 5.41) is 0. The molecule has 4 heteroatoms. The van der Waals surface area contributed by atoms with E-state index in [-0.39, 0.29) is 5.91 Å². The molecule has 1 aromatic rings. The summed E-state index contributed by atoms with van der Waals surface area (Å²) in [5.41, 5.74) is 7.80. The van der Waals surface area contributed by atoms with Crippen molar-refractivity contribution < 1.29 is 4.79 Å². The number of nitrogens with zero attached hydrogens (tertiary/aromatic N) is 1. The molecule has 0 fully saturated rings. The SMILES string of the molecule is C=C(C)CN(C)C(=O)c1cccc(N)c1Br. The van der Waals surface area contributed by atoms with Gasteiger partial charge in [-0.05, 0) is 35.0 Å². The standard InChI is InChI=1S/C12H15BrN2O/c1-8(2)7-15(3)12(16)9-5-4-6-10(14)11(9)13/h4-6H,1,7,14H2,2-3H3. The molecule has 0 aromatic heterocycles. The number of hydrogen-bond acceptors (Lipinski definition) is 2. The van der Waals surface area contributed by atoms with Gasteiger partial charge in [0, 0.05) is 19.3 Å². The zero-order valence-corrected chi connectivity index (χ0v) is 11.0. The highest BCUT2D eigenvalue weighted by Crippen LogP contribution is 2.24. The van der Waals surface area contributed by atoms with Crippen LogP contribution in [0.2, 0.25) is 0 Å². The van der Waals surface area contributed by atoms with Gasteiger partial charge in [0.25, 0.3) is 5.91 Å². The maximum atomic E-state index is 12.1. The molecule has 0 saturated heterocycles. The molecule has 16 heavy (non-hydrogen) atoms. The Hall–Kier alpha value is -1.29. The predicted octanol–water partition coefficient (Wildman–Crippen LogP) is 2.68. The third kappa shape index (κ3) is 2.85. The lowest BCUT2D eigenvalue weighted by molar-refractivity contribution is 0.0806. The lowest BCUT2D eigenvalue weighted by atomic mass is 10.1. The molecule has 0 aliphatic carbocycles. The second-order valence-corrected chi connectivity index (χ2v) is 4.62. The first kappa shape index (κ1) is 12.8. The van der Waals surface area contributed by atoms with Crippen molar-refractivity contribution in [3.8, 4) is 0 Å². The fourth-order valence-electron chi connectivity index (χ4n) is 1.40. The molecule has 2 N–H and O–H groups in total. The van der Waals surface area contributed by atoms with E-state index in [2.05, 4.69) is 22.5 Å². The van der Waals surface area contributed by atoms with Gasteiger partial charge in [-0.15, -0.1) is 0 Å². The average molecular weight is 283 g/mol. The predicted molar refractivity (Wildman–Crippen MR) is 70.3 cm³/mol. The van der Waals surface area contributed by atoms with Gasteiger partial charge in [-0.1, -0.05) is 18.2 Å². The summed E-state index contributed by atoms with van der Waals surface area (Å²) < 4.78 is 0.647. The molecular weight excluding hydrogens is 268 g/mol. The number of anilines is 1. The summed E-state index contributed by atoms with van der Waals surface area (Å²) in [6, 6.07) is 5.26. The Labute approximate surface area is 104 Å². The number of nitrogens with two attached hydrogens (primary N) is 1. The van der Waals surface area contributed by atoms with E-state index in [0.29, 0.717) is 22.3 Å². The quantitative estimate of drug-likeness (QED) is 0.684. The number of amides is 1. The van der Waals surface area contributed by atoms with E-state index < -0.39 is 0 Å². The molecule has 0 heterocycles. The molecule has 0 saturated carbocycles. The van der Waals surface area contributed by atoms with Crippen molar-refractivity contribution in [2.45, 2.75) is 6.92 Å². The Bertz CT molecular complexity index is 429. The van der Waals surface area contributed by atoms with Crippen molar-refractivity contribution in [1.82, 2.24) is 4.90 Å². The number of halogens is 1. The van der Waals surface area contributed by atoms with Gasteiger partial charge in [0.15, 0.2) is 0 Å². The molecule has 0 aliphatic heterocycles. The minimum atomic E-state index is -0.0674. The molecule has 0 atom stereocenters. The third-order valence-corrected chi connectivity index (χ3v) is 3.00. The number of likely N-dealkylation sites (N-methyl/N-ethyl adjacent to an activating group) is 1. The number of carbonyl (C=O) groups is 1. The molecule has 1 amide bonds. The third-order valence-electron chi connectivity index (χ3n) is 2.11.